The summed E-state index contributed by atoms with van der Waals surface area (Å²) >= 11 is 0. The molecule has 0 heterocycles. The van der Waals surface area contributed by atoms with Crippen LogP contribution in [-0.2, 0) is 0 Å². The Balaban J connectivity index is 2.73. The molecule has 1 aromatic rings. The number of aliphatic imine (C=N–C) groups is 1. The normalized spacial score (nSPS) is 11.7. The third-order valence-electron chi connectivity index (χ3n) is 1.87. The molecule has 0 spiro atoms. The van der Waals surface area contributed by atoms with E-state index in [0.717, 1.165) is 24.9 Å². The second kappa shape index (κ2) is 5.52. The van der Waals surface area contributed by atoms with Crippen LogP contribution in [0.25, 0.3) is 0 Å². The molecular weight excluding hydrogens is 158 g/mol. The molecule has 1 rings (SSSR count). The van der Waals surface area contributed by atoms with E-state index >= 15 is 0 Å². The Morgan fingerprint density at radius 3 is 2.54 bits per heavy atom. The number of benzene rings is 1. The van der Waals surface area contributed by atoms with Gasteiger partial charge in [0.25, 0.3) is 0 Å². The Kier molecular flexibility index (Phi) is 4.24. The molecule has 0 aliphatic rings. The minimum atomic E-state index is 0.808. The smallest absolute Gasteiger partial charge is 0.0629 e. The molecule has 1 radical (unpaired) electrons. The van der Waals surface area contributed by atoms with Crippen molar-refractivity contribution in [2.45, 2.75) is 26.2 Å². The van der Waals surface area contributed by atoms with Crippen molar-refractivity contribution in [3.05, 3.63) is 37.3 Å². The van der Waals surface area contributed by atoms with Crippen molar-refractivity contribution in [2.75, 3.05) is 0 Å². The van der Waals surface area contributed by atoms with Crippen molar-refractivity contribution in [3.63, 3.8) is 0 Å². The highest BCUT2D eigenvalue weighted by molar-refractivity contribution is 5.87. The van der Waals surface area contributed by atoms with Crippen LogP contribution in [0.4, 0.5) is 5.69 Å². The van der Waals surface area contributed by atoms with Crippen LogP contribution in [0.5, 0.6) is 0 Å². The lowest BCUT2D eigenvalue weighted by atomic mass is 10.2. The fraction of sp³-hybridized carbons (Fsp3) is 0.333. The molecule has 1 heteroatoms. The molecule has 0 aliphatic heterocycles. The van der Waals surface area contributed by atoms with Crippen LogP contribution in [0.1, 0.15) is 26.2 Å². The predicted octanol–water partition coefficient (Wildman–Crippen LogP) is 3.78. The molecule has 0 saturated carbocycles. The maximum Gasteiger partial charge on any atom is 0.0629 e. The van der Waals surface area contributed by atoms with Crippen molar-refractivity contribution in [1.82, 2.24) is 0 Å². The van der Waals surface area contributed by atoms with Crippen molar-refractivity contribution in [1.29, 1.82) is 0 Å². The first-order valence-electron chi connectivity index (χ1n) is 4.77. The quantitative estimate of drug-likeness (QED) is 0.616. The number of hydrogen-bond donors (Lipinski definition) is 0. The molecule has 1 aromatic carbocycles. The van der Waals surface area contributed by atoms with Gasteiger partial charge in [0.1, 0.15) is 0 Å². The first kappa shape index (κ1) is 9.97. The van der Waals surface area contributed by atoms with Crippen LogP contribution in [0, 0.1) is 6.92 Å². The summed E-state index contributed by atoms with van der Waals surface area (Å²) in [6, 6.07) is 10.1. The average molecular weight is 174 g/mol. The van der Waals surface area contributed by atoms with Gasteiger partial charge in [0.2, 0.25) is 0 Å². The highest BCUT2D eigenvalue weighted by Gasteiger charge is 1.94. The number of hydrogen-bond acceptors (Lipinski definition) is 1. The van der Waals surface area contributed by atoms with Crippen LogP contribution in [0.15, 0.2) is 35.3 Å². The first-order chi connectivity index (χ1) is 6.36. The van der Waals surface area contributed by atoms with Crippen LogP contribution < -0.4 is 0 Å². The van der Waals surface area contributed by atoms with Gasteiger partial charge >= 0.3 is 0 Å². The standard InChI is InChI=1S/C12H16N/c1-3-8-11(4-2)13-12-9-6-5-7-10-12/h5-7,9-10H,2-4,8H2,1H3. The van der Waals surface area contributed by atoms with Gasteiger partial charge in [0.15, 0.2) is 0 Å². The van der Waals surface area contributed by atoms with E-state index in [4.69, 9.17) is 0 Å². The first-order valence-corrected chi connectivity index (χ1v) is 4.77. The maximum atomic E-state index is 4.52. The minimum absolute atomic E-state index is 0.808. The second-order valence-corrected chi connectivity index (χ2v) is 3.01. The largest absolute Gasteiger partial charge is 0.258 e. The molecule has 0 saturated heterocycles. The van der Waals surface area contributed by atoms with E-state index in [1.807, 2.05) is 30.3 Å². The van der Waals surface area contributed by atoms with Crippen molar-refractivity contribution < 1.29 is 0 Å². The number of rotatable bonds is 4. The molecule has 0 amide bonds. The summed E-state index contributed by atoms with van der Waals surface area (Å²) in [5.41, 5.74) is 2.23. The Morgan fingerprint density at radius 1 is 1.31 bits per heavy atom. The van der Waals surface area contributed by atoms with Gasteiger partial charge in [-0.25, -0.2) is 0 Å². The van der Waals surface area contributed by atoms with Gasteiger partial charge in [-0.2, -0.15) is 0 Å². The summed E-state index contributed by atoms with van der Waals surface area (Å²) < 4.78 is 0. The summed E-state index contributed by atoms with van der Waals surface area (Å²) in [7, 11) is 0. The van der Waals surface area contributed by atoms with E-state index < -0.39 is 0 Å². The van der Waals surface area contributed by atoms with Gasteiger partial charge in [-0.1, -0.05) is 31.5 Å². The summed E-state index contributed by atoms with van der Waals surface area (Å²) in [5, 5.41) is 0. The summed E-state index contributed by atoms with van der Waals surface area (Å²) in [6.45, 7) is 6.03. The Morgan fingerprint density at radius 2 is 2.00 bits per heavy atom. The lowest BCUT2D eigenvalue weighted by Gasteiger charge is -2.00. The summed E-state index contributed by atoms with van der Waals surface area (Å²) in [5.74, 6) is 0. The zero-order valence-corrected chi connectivity index (χ0v) is 8.16. The molecule has 1 nitrogen and oxygen atoms in total. The Labute approximate surface area is 80.5 Å². The monoisotopic (exact) mass is 174 g/mol. The number of nitrogens with zero attached hydrogens (tertiary/aromatic N) is 1. The lowest BCUT2D eigenvalue weighted by molar-refractivity contribution is 0.977. The van der Waals surface area contributed by atoms with E-state index in [1.165, 1.54) is 5.71 Å². The fourth-order valence-corrected chi connectivity index (χ4v) is 1.21. The second-order valence-electron chi connectivity index (χ2n) is 3.01. The van der Waals surface area contributed by atoms with Gasteiger partial charge in [0, 0.05) is 5.71 Å². The molecule has 0 N–H and O–H groups in total. The molecular formula is C12H16N. The number of para-hydroxylation sites is 1. The third-order valence-corrected chi connectivity index (χ3v) is 1.87. The average Bonchev–Trinajstić information content (AvgIpc) is 2.19. The van der Waals surface area contributed by atoms with E-state index in [-0.39, 0.29) is 0 Å². The van der Waals surface area contributed by atoms with Gasteiger partial charge < -0.3 is 0 Å². The molecule has 0 aromatic heterocycles. The van der Waals surface area contributed by atoms with Crippen LogP contribution in [0.3, 0.4) is 0 Å². The van der Waals surface area contributed by atoms with Gasteiger partial charge in [0.05, 0.1) is 5.69 Å². The zero-order chi connectivity index (χ0) is 9.52. The van der Waals surface area contributed by atoms with E-state index in [1.54, 1.807) is 0 Å². The Bertz CT molecular complexity index is 262. The zero-order valence-electron chi connectivity index (χ0n) is 8.16. The van der Waals surface area contributed by atoms with E-state index in [9.17, 15) is 0 Å². The van der Waals surface area contributed by atoms with E-state index in [2.05, 4.69) is 18.8 Å². The highest BCUT2D eigenvalue weighted by atomic mass is 14.7. The van der Waals surface area contributed by atoms with Crippen LogP contribution in [-0.4, -0.2) is 5.71 Å². The predicted molar refractivity (Wildman–Crippen MR) is 58.4 cm³/mol. The van der Waals surface area contributed by atoms with Crippen LogP contribution in [0.2, 0.25) is 0 Å². The fourth-order valence-electron chi connectivity index (χ4n) is 1.21. The molecule has 0 atom stereocenters. The molecule has 13 heavy (non-hydrogen) atoms. The van der Waals surface area contributed by atoms with Crippen LogP contribution >= 0.6 is 0 Å². The maximum absolute atomic E-state index is 4.52. The summed E-state index contributed by atoms with van der Waals surface area (Å²) in [6.07, 6.45) is 3.00. The van der Waals surface area contributed by atoms with E-state index in [0.29, 0.717) is 0 Å². The van der Waals surface area contributed by atoms with Gasteiger partial charge in [-0.15, -0.1) is 0 Å². The minimum Gasteiger partial charge on any atom is -0.258 e. The SMILES string of the molecule is [CH2]CC(CCC)=Nc1ccccc1. The van der Waals surface area contributed by atoms with Crippen molar-refractivity contribution >= 4 is 11.4 Å². The van der Waals surface area contributed by atoms with Crippen molar-refractivity contribution in [3.8, 4) is 0 Å². The highest BCUT2D eigenvalue weighted by Crippen LogP contribution is 2.12. The molecule has 0 bridgehead atoms. The van der Waals surface area contributed by atoms with Gasteiger partial charge in [-0.3, -0.25) is 4.99 Å². The van der Waals surface area contributed by atoms with Gasteiger partial charge in [-0.05, 0) is 31.9 Å². The topological polar surface area (TPSA) is 12.4 Å². The third kappa shape index (κ3) is 3.41. The molecule has 69 valence electrons. The molecule has 0 unspecified atom stereocenters. The lowest BCUT2D eigenvalue weighted by Crippen LogP contribution is -1.93. The van der Waals surface area contributed by atoms with Crippen molar-refractivity contribution in [2.24, 2.45) is 4.99 Å². The molecule has 0 fully saturated rings. The summed E-state index contributed by atoms with van der Waals surface area (Å²) in [4.78, 5) is 4.52. The Hall–Kier alpha value is -1.11. The molecule has 0 aliphatic carbocycles.